The fourth-order valence-corrected chi connectivity index (χ4v) is 3.00. The minimum Gasteiger partial charge on any atom is -0.384 e. The maximum Gasteiger partial charge on any atom is 0.253 e. The number of nitrogens with zero attached hydrogens (tertiary/aromatic N) is 1. The van der Waals surface area contributed by atoms with Crippen molar-refractivity contribution in [3.8, 4) is 0 Å². The number of fused-ring (bicyclic) bond motifs is 1. The number of nitrogens with one attached hydrogen (secondary N) is 1. The van der Waals surface area contributed by atoms with E-state index in [1.807, 2.05) is 41.3 Å². The molecule has 4 nitrogen and oxygen atoms in total. The molecule has 0 spiro atoms. The lowest BCUT2D eigenvalue weighted by atomic mass is 10.1. The molecule has 1 aliphatic heterocycles. The highest BCUT2D eigenvalue weighted by atomic mass is 35.5. The smallest absolute Gasteiger partial charge is 0.253 e. The lowest BCUT2D eigenvalue weighted by molar-refractivity contribution is 0.0762. The summed E-state index contributed by atoms with van der Waals surface area (Å²) >= 11 is 0. The van der Waals surface area contributed by atoms with Crippen LogP contribution < -0.4 is 11.1 Å². The van der Waals surface area contributed by atoms with Crippen LogP contribution in [0, 0.1) is 0 Å². The standard InChI is InChI=1S/C19H23N3O.2ClH/c20-10-13-22(12-9-15-4-2-1-3-5-15)19(23)17-6-7-18-16(14-17)8-11-21-18;;/h1-7,14,21H,8-13,20H2;2*1H. The molecule has 2 aromatic carbocycles. The van der Waals surface area contributed by atoms with Gasteiger partial charge in [0.05, 0.1) is 0 Å². The molecule has 1 heterocycles. The molecule has 0 aliphatic carbocycles. The predicted molar refractivity (Wildman–Crippen MR) is 108 cm³/mol. The molecule has 1 aliphatic rings. The highest BCUT2D eigenvalue weighted by Gasteiger charge is 2.18. The highest BCUT2D eigenvalue weighted by molar-refractivity contribution is 5.95. The molecule has 2 aromatic rings. The molecule has 0 atom stereocenters. The SMILES string of the molecule is Cl.Cl.NCCN(CCc1ccccc1)C(=O)c1ccc2c(c1)CCN2. The zero-order chi connectivity index (χ0) is 16.1. The predicted octanol–water partition coefficient (Wildman–Crippen LogP) is 3.14. The van der Waals surface area contributed by atoms with E-state index in [4.69, 9.17) is 5.73 Å². The van der Waals surface area contributed by atoms with Crippen molar-refractivity contribution < 1.29 is 4.79 Å². The van der Waals surface area contributed by atoms with Gasteiger partial charge in [-0.2, -0.15) is 0 Å². The summed E-state index contributed by atoms with van der Waals surface area (Å²) < 4.78 is 0. The van der Waals surface area contributed by atoms with E-state index >= 15 is 0 Å². The Balaban J connectivity index is 0.00000156. The first-order valence-corrected chi connectivity index (χ1v) is 8.18. The van der Waals surface area contributed by atoms with Gasteiger partial charge in [0.1, 0.15) is 0 Å². The third-order valence-corrected chi connectivity index (χ3v) is 4.26. The van der Waals surface area contributed by atoms with Crippen molar-refractivity contribution in [1.82, 2.24) is 4.90 Å². The molecule has 25 heavy (non-hydrogen) atoms. The Morgan fingerprint density at radius 1 is 1.08 bits per heavy atom. The minimum absolute atomic E-state index is 0. The first kappa shape index (κ1) is 21.3. The van der Waals surface area contributed by atoms with Crippen LogP contribution in [-0.4, -0.2) is 37.0 Å². The first-order chi connectivity index (χ1) is 11.3. The topological polar surface area (TPSA) is 58.4 Å². The van der Waals surface area contributed by atoms with Crippen LogP contribution in [0.2, 0.25) is 0 Å². The van der Waals surface area contributed by atoms with E-state index in [9.17, 15) is 4.79 Å². The van der Waals surface area contributed by atoms with E-state index in [1.54, 1.807) is 0 Å². The number of carbonyl (C=O) groups is 1. The average Bonchev–Trinajstić information content (AvgIpc) is 3.06. The maximum atomic E-state index is 12.8. The average molecular weight is 382 g/mol. The molecule has 0 aromatic heterocycles. The van der Waals surface area contributed by atoms with Gasteiger partial charge in [-0.05, 0) is 42.2 Å². The van der Waals surface area contributed by atoms with E-state index in [0.717, 1.165) is 30.6 Å². The summed E-state index contributed by atoms with van der Waals surface area (Å²) in [5, 5.41) is 3.32. The third kappa shape index (κ3) is 5.36. The number of rotatable bonds is 6. The Hall–Kier alpha value is -1.75. The number of carbonyl (C=O) groups excluding carboxylic acids is 1. The maximum absolute atomic E-state index is 12.8. The molecule has 0 bridgehead atoms. The van der Waals surface area contributed by atoms with Crippen molar-refractivity contribution in [2.24, 2.45) is 5.73 Å². The zero-order valence-corrected chi connectivity index (χ0v) is 15.7. The largest absolute Gasteiger partial charge is 0.384 e. The summed E-state index contributed by atoms with van der Waals surface area (Å²) in [7, 11) is 0. The van der Waals surface area contributed by atoms with Crippen LogP contribution in [0.3, 0.4) is 0 Å². The number of halogens is 2. The van der Waals surface area contributed by atoms with Crippen molar-refractivity contribution in [2.75, 3.05) is 31.5 Å². The lowest BCUT2D eigenvalue weighted by Gasteiger charge is -2.22. The molecule has 0 saturated heterocycles. The Labute approximate surface area is 161 Å². The molecule has 1 amide bonds. The van der Waals surface area contributed by atoms with Crippen LogP contribution in [0.25, 0.3) is 0 Å². The normalized spacial score (nSPS) is 11.6. The van der Waals surface area contributed by atoms with Crippen molar-refractivity contribution in [3.05, 3.63) is 65.2 Å². The number of benzene rings is 2. The molecular formula is C19H25Cl2N3O. The third-order valence-electron chi connectivity index (χ3n) is 4.26. The molecule has 0 radical (unpaired) electrons. The quantitative estimate of drug-likeness (QED) is 0.807. The number of hydrogen-bond donors (Lipinski definition) is 2. The summed E-state index contributed by atoms with van der Waals surface area (Å²) in [5.74, 6) is 0.0704. The van der Waals surface area contributed by atoms with E-state index in [1.165, 1.54) is 11.1 Å². The van der Waals surface area contributed by atoms with Crippen LogP contribution in [0.1, 0.15) is 21.5 Å². The van der Waals surface area contributed by atoms with Gasteiger partial charge in [-0.15, -0.1) is 24.8 Å². The van der Waals surface area contributed by atoms with Gasteiger partial charge in [0.25, 0.3) is 5.91 Å². The fraction of sp³-hybridized carbons (Fsp3) is 0.316. The Morgan fingerprint density at radius 3 is 2.56 bits per heavy atom. The molecule has 3 rings (SSSR count). The molecular weight excluding hydrogens is 357 g/mol. The van der Waals surface area contributed by atoms with Crippen molar-refractivity contribution in [1.29, 1.82) is 0 Å². The van der Waals surface area contributed by atoms with Gasteiger partial charge in [-0.3, -0.25) is 4.79 Å². The lowest BCUT2D eigenvalue weighted by Crippen LogP contribution is -2.37. The molecule has 3 N–H and O–H groups in total. The number of nitrogens with two attached hydrogens (primary N) is 1. The van der Waals surface area contributed by atoms with E-state index in [0.29, 0.717) is 19.6 Å². The van der Waals surface area contributed by atoms with Crippen molar-refractivity contribution in [3.63, 3.8) is 0 Å². The van der Waals surface area contributed by atoms with Gasteiger partial charge < -0.3 is 16.0 Å². The van der Waals surface area contributed by atoms with Gasteiger partial charge in [0.2, 0.25) is 0 Å². The van der Waals surface area contributed by atoms with Gasteiger partial charge in [-0.25, -0.2) is 0 Å². The summed E-state index contributed by atoms with van der Waals surface area (Å²) in [6.07, 6.45) is 1.83. The summed E-state index contributed by atoms with van der Waals surface area (Å²) in [6.45, 7) is 2.71. The van der Waals surface area contributed by atoms with Gasteiger partial charge >= 0.3 is 0 Å². The monoisotopic (exact) mass is 381 g/mol. The van der Waals surface area contributed by atoms with Gasteiger partial charge in [-0.1, -0.05) is 30.3 Å². The number of hydrogen-bond acceptors (Lipinski definition) is 3. The van der Waals surface area contributed by atoms with Crippen LogP contribution in [0.4, 0.5) is 5.69 Å². The van der Waals surface area contributed by atoms with Crippen LogP contribution in [0.15, 0.2) is 48.5 Å². The first-order valence-electron chi connectivity index (χ1n) is 8.18. The van der Waals surface area contributed by atoms with Gasteiger partial charge in [0.15, 0.2) is 0 Å². The Morgan fingerprint density at radius 2 is 1.84 bits per heavy atom. The molecule has 0 fully saturated rings. The number of amides is 1. The van der Waals surface area contributed by atoms with Crippen LogP contribution in [0.5, 0.6) is 0 Å². The Bertz CT molecular complexity index is 680. The van der Waals surface area contributed by atoms with E-state index in [-0.39, 0.29) is 30.7 Å². The zero-order valence-electron chi connectivity index (χ0n) is 14.1. The molecule has 6 heteroatoms. The second-order valence-electron chi connectivity index (χ2n) is 5.87. The second-order valence-corrected chi connectivity index (χ2v) is 5.87. The fourth-order valence-electron chi connectivity index (χ4n) is 3.00. The summed E-state index contributed by atoms with van der Waals surface area (Å²) in [5.41, 5.74) is 10.1. The van der Waals surface area contributed by atoms with E-state index in [2.05, 4.69) is 17.4 Å². The van der Waals surface area contributed by atoms with Crippen molar-refractivity contribution >= 4 is 36.4 Å². The van der Waals surface area contributed by atoms with E-state index < -0.39 is 0 Å². The van der Waals surface area contributed by atoms with Crippen LogP contribution in [-0.2, 0) is 12.8 Å². The van der Waals surface area contributed by atoms with Gasteiger partial charge in [0, 0.05) is 37.4 Å². The molecule has 0 unspecified atom stereocenters. The molecule has 0 saturated carbocycles. The molecule has 136 valence electrons. The highest BCUT2D eigenvalue weighted by Crippen LogP contribution is 2.23. The summed E-state index contributed by atoms with van der Waals surface area (Å²) in [4.78, 5) is 14.7. The summed E-state index contributed by atoms with van der Waals surface area (Å²) in [6, 6.07) is 16.2. The van der Waals surface area contributed by atoms with Crippen LogP contribution >= 0.6 is 24.8 Å². The minimum atomic E-state index is 0. The number of anilines is 1. The van der Waals surface area contributed by atoms with Crippen molar-refractivity contribution in [2.45, 2.75) is 12.8 Å². The Kier molecular flexibility index (Phi) is 8.76. The second kappa shape index (κ2) is 10.3.